The van der Waals surface area contributed by atoms with E-state index in [9.17, 15) is 8.42 Å². The maximum atomic E-state index is 12.2. The average molecular weight is 319 g/mol. The molecule has 2 aromatic rings. The molecular weight excluding hydrogens is 308 g/mol. The van der Waals surface area contributed by atoms with E-state index in [-0.39, 0.29) is 9.23 Å². The Morgan fingerprint density at radius 1 is 1.37 bits per heavy atom. The van der Waals surface area contributed by atoms with Gasteiger partial charge in [-0.05, 0) is 30.7 Å². The molecule has 0 aromatic carbocycles. The molecule has 1 aliphatic rings. The van der Waals surface area contributed by atoms with Crippen LogP contribution >= 0.6 is 22.9 Å². The van der Waals surface area contributed by atoms with Gasteiger partial charge in [0.1, 0.15) is 5.76 Å². The first-order valence-electron chi connectivity index (χ1n) is 5.81. The highest BCUT2D eigenvalue weighted by Crippen LogP contribution is 2.32. The first-order valence-corrected chi connectivity index (χ1v) is 8.55. The Morgan fingerprint density at radius 3 is 2.89 bits per heavy atom. The SMILES string of the molecule is O=S(=O)(Nc1noc2c1CCCC2)c1sccc1Cl. The molecule has 0 bridgehead atoms. The summed E-state index contributed by atoms with van der Waals surface area (Å²) in [5.41, 5.74) is 0.863. The quantitative estimate of drug-likeness (QED) is 0.944. The van der Waals surface area contributed by atoms with E-state index < -0.39 is 10.0 Å². The van der Waals surface area contributed by atoms with Crippen LogP contribution in [-0.4, -0.2) is 13.6 Å². The number of sulfonamides is 1. The van der Waals surface area contributed by atoms with E-state index in [2.05, 4.69) is 9.88 Å². The van der Waals surface area contributed by atoms with Crippen molar-refractivity contribution in [2.24, 2.45) is 0 Å². The zero-order chi connectivity index (χ0) is 13.5. The molecule has 0 unspecified atom stereocenters. The largest absolute Gasteiger partial charge is 0.359 e. The van der Waals surface area contributed by atoms with Crippen molar-refractivity contribution in [1.82, 2.24) is 5.16 Å². The Morgan fingerprint density at radius 2 is 2.16 bits per heavy atom. The zero-order valence-electron chi connectivity index (χ0n) is 9.85. The maximum absolute atomic E-state index is 12.2. The summed E-state index contributed by atoms with van der Waals surface area (Å²) in [6, 6.07) is 1.55. The number of thiophene rings is 1. The van der Waals surface area contributed by atoms with Crippen molar-refractivity contribution in [3.63, 3.8) is 0 Å². The molecule has 2 heterocycles. The minimum atomic E-state index is -3.69. The van der Waals surface area contributed by atoms with Crippen LogP contribution in [0.15, 0.2) is 20.2 Å². The van der Waals surface area contributed by atoms with E-state index >= 15 is 0 Å². The first-order chi connectivity index (χ1) is 9.08. The average Bonchev–Trinajstić information content (AvgIpc) is 2.97. The van der Waals surface area contributed by atoms with Gasteiger partial charge in [0.05, 0.1) is 5.02 Å². The van der Waals surface area contributed by atoms with E-state index in [1.165, 1.54) is 0 Å². The molecule has 0 spiro atoms. The van der Waals surface area contributed by atoms with E-state index in [4.69, 9.17) is 16.1 Å². The fourth-order valence-electron chi connectivity index (χ4n) is 2.11. The number of anilines is 1. The van der Waals surface area contributed by atoms with Crippen LogP contribution < -0.4 is 4.72 Å². The number of fused-ring (bicyclic) bond motifs is 1. The summed E-state index contributed by atoms with van der Waals surface area (Å²) in [6.07, 6.45) is 3.66. The number of aryl methyl sites for hydroxylation is 1. The molecule has 0 saturated carbocycles. The second-order valence-electron chi connectivity index (χ2n) is 4.30. The third kappa shape index (κ3) is 2.37. The highest BCUT2D eigenvalue weighted by molar-refractivity contribution is 7.94. The number of nitrogens with zero attached hydrogens (tertiary/aromatic N) is 1. The molecule has 3 rings (SSSR count). The van der Waals surface area contributed by atoms with Crippen LogP contribution in [0.5, 0.6) is 0 Å². The Kier molecular flexibility index (Phi) is 3.28. The monoisotopic (exact) mass is 318 g/mol. The minimum absolute atomic E-state index is 0.0988. The van der Waals surface area contributed by atoms with E-state index in [0.29, 0.717) is 5.82 Å². The predicted molar refractivity (Wildman–Crippen MR) is 73.3 cm³/mol. The maximum Gasteiger partial charge on any atom is 0.274 e. The lowest BCUT2D eigenvalue weighted by atomic mass is 9.98. The molecule has 8 heteroatoms. The summed E-state index contributed by atoms with van der Waals surface area (Å²) >= 11 is 6.93. The summed E-state index contributed by atoms with van der Waals surface area (Å²) in [6.45, 7) is 0. The lowest BCUT2D eigenvalue weighted by Gasteiger charge is -2.10. The number of nitrogens with one attached hydrogen (secondary N) is 1. The zero-order valence-corrected chi connectivity index (χ0v) is 12.2. The molecule has 0 radical (unpaired) electrons. The molecule has 102 valence electrons. The summed E-state index contributed by atoms with van der Waals surface area (Å²) in [4.78, 5) is 0. The van der Waals surface area contributed by atoms with Crippen LogP contribution in [0.1, 0.15) is 24.2 Å². The Bertz CT molecular complexity index is 705. The second kappa shape index (κ2) is 4.81. The number of rotatable bonds is 3. The van der Waals surface area contributed by atoms with Crippen LogP contribution in [0, 0.1) is 0 Å². The van der Waals surface area contributed by atoms with Crippen molar-refractivity contribution < 1.29 is 12.9 Å². The van der Waals surface area contributed by atoms with Gasteiger partial charge < -0.3 is 4.52 Å². The van der Waals surface area contributed by atoms with Crippen LogP contribution in [-0.2, 0) is 22.9 Å². The molecule has 0 fully saturated rings. The Hall–Kier alpha value is -1.05. The van der Waals surface area contributed by atoms with Gasteiger partial charge in [0.25, 0.3) is 10.0 Å². The standard InChI is InChI=1S/C11H11ClN2O3S2/c12-8-5-6-18-11(8)19(15,16)14-10-7-3-1-2-4-9(7)17-13-10/h5-6H,1-4H2,(H,13,14). The number of hydrogen-bond acceptors (Lipinski definition) is 5. The van der Waals surface area contributed by atoms with Gasteiger partial charge in [0.2, 0.25) is 0 Å². The van der Waals surface area contributed by atoms with Gasteiger partial charge in [0, 0.05) is 12.0 Å². The van der Waals surface area contributed by atoms with Gasteiger partial charge in [-0.25, -0.2) is 8.42 Å². The fraction of sp³-hybridized carbons (Fsp3) is 0.364. The summed E-state index contributed by atoms with van der Waals surface area (Å²) in [5, 5.41) is 5.67. The third-order valence-electron chi connectivity index (χ3n) is 3.01. The van der Waals surface area contributed by atoms with E-state index in [0.717, 1.165) is 48.3 Å². The summed E-state index contributed by atoms with van der Waals surface area (Å²) in [7, 11) is -3.69. The van der Waals surface area contributed by atoms with Gasteiger partial charge in [-0.1, -0.05) is 16.8 Å². The molecule has 0 aliphatic heterocycles. The highest BCUT2D eigenvalue weighted by Gasteiger charge is 2.25. The van der Waals surface area contributed by atoms with Crippen molar-refractivity contribution in [2.75, 3.05) is 4.72 Å². The van der Waals surface area contributed by atoms with Crippen molar-refractivity contribution in [2.45, 2.75) is 29.9 Å². The topological polar surface area (TPSA) is 72.2 Å². The molecule has 5 nitrogen and oxygen atoms in total. The molecule has 1 aliphatic carbocycles. The predicted octanol–water partition coefficient (Wildman–Crippen LogP) is 3.07. The highest BCUT2D eigenvalue weighted by atomic mass is 35.5. The molecule has 0 atom stereocenters. The lowest BCUT2D eigenvalue weighted by Crippen LogP contribution is -2.14. The smallest absolute Gasteiger partial charge is 0.274 e. The number of hydrogen-bond donors (Lipinski definition) is 1. The van der Waals surface area contributed by atoms with Gasteiger partial charge in [-0.2, -0.15) is 0 Å². The molecular formula is C11H11ClN2O3S2. The summed E-state index contributed by atoms with van der Waals surface area (Å²) < 4.78 is 32.1. The van der Waals surface area contributed by atoms with Gasteiger partial charge in [0.15, 0.2) is 10.0 Å². The Labute approximate surface area is 119 Å². The second-order valence-corrected chi connectivity index (χ2v) is 7.50. The fourth-order valence-corrected chi connectivity index (χ4v) is 4.83. The summed E-state index contributed by atoms with van der Waals surface area (Å²) in [5.74, 6) is 1.07. The van der Waals surface area contributed by atoms with Crippen molar-refractivity contribution >= 4 is 38.8 Å². The number of halogens is 1. The lowest BCUT2D eigenvalue weighted by molar-refractivity contribution is 0.374. The molecule has 19 heavy (non-hydrogen) atoms. The van der Waals surface area contributed by atoms with Gasteiger partial charge >= 0.3 is 0 Å². The van der Waals surface area contributed by atoms with E-state index in [1.54, 1.807) is 11.4 Å². The van der Waals surface area contributed by atoms with Crippen molar-refractivity contribution in [3.05, 3.63) is 27.8 Å². The molecule has 0 saturated heterocycles. The van der Waals surface area contributed by atoms with Crippen LogP contribution in [0.4, 0.5) is 5.82 Å². The van der Waals surface area contributed by atoms with Crippen LogP contribution in [0.2, 0.25) is 5.02 Å². The first kappa shape index (κ1) is 13.0. The van der Waals surface area contributed by atoms with Gasteiger partial charge in [-0.15, -0.1) is 11.3 Å². The van der Waals surface area contributed by atoms with E-state index in [1.807, 2.05) is 0 Å². The van der Waals surface area contributed by atoms with Crippen LogP contribution in [0.3, 0.4) is 0 Å². The minimum Gasteiger partial charge on any atom is -0.359 e. The normalized spacial score (nSPS) is 15.2. The van der Waals surface area contributed by atoms with Crippen molar-refractivity contribution in [3.8, 4) is 0 Å². The molecule has 0 amide bonds. The van der Waals surface area contributed by atoms with Crippen molar-refractivity contribution in [1.29, 1.82) is 0 Å². The number of aromatic nitrogens is 1. The molecule has 2 aromatic heterocycles. The Balaban J connectivity index is 1.93. The van der Waals surface area contributed by atoms with Gasteiger partial charge in [-0.3, -0.25) is 4.72 Å². The van der Waals surface area contributed by atoms with Crippen LogP contribution in [0.25, 0.3) is 0 Å². The third-order valence-corrected chi connectivity index (χ3v) is 6.37. The molecule has 1 N–H and O–H groups in total.